The van der Waals surface area contributed by atoms with E-state index in [0.717, 1.165) is 37.6 Å². The van der Waals surface area contributed by atoms with Crippen molar-refractivity contribution in [2.75, 3.05) is 0 Å². The van der Waals surface area contributed by atoms with Gasteiger partial charge in [0.1, 0.15) is 10.7 Å². The van der Waals surface area contributed by atoms with Crippen LogP contribution in [-0.2, 0) is 4.79 Å². The normalized spacial score (nSPS) is 16.1. The smallest absolute Gasteiger partial charge is 0.244 e. The summed E-state index contributed by atoms with van der Waals surface area (Å²) in [7, 11) is 0. The van der Waals surface area contributed by atoms with Gasteiger partial charge in [-0.25, -0.2) is 4.99 Å². The number of nitrogens with zero attached hydrogens (tertiary/aromatic N) is 1. The summed E-state index contributed by atoms with van der Waals surface area (Å²) < 4.78 is 1.06. The van der Waals surface area contributed by atoms with E-state index in [4.69, 9.17) is 11.6 Å². The third-order valence-electron chi connectivity index (χ3n) is 3.51. The predicted octanol–water partition coefficient (Wildman–Crippen LogP) is 5.62. The molecule has 0 N–H and O–H groups in total. The molecule has 0 saturated carbocycles. The van der Waals surface area contributed by atoms with E-state index in [9.17, 15) is 4.79 Å². The van der Waals surface area contributed by atoms with E-state index in [1.54, 1.807) is 0 Å². The van der Waals surface area contributed by atoms with Crippen LogP contribution in [0.25, 0.3) is 6.08 Å². The summed E-state index contributed by atoms with van der Waals surface area (Å²) in [4.78, 5) is 16.8. The van der Waals surface area contributed by atoms with Gasteiger partial charge < -0.3 is 0 Å². The standard InChI is InChI=1S/C18H13ClINOS/c1-10-3-4-11(2)12(7-10)8-16-18(22)23-17(21-16)14-9-13(20)5-6-15(14)19/h3-9H,1-2H3. The molecule has 2 nitrogen and oxygen atoms in total. The van der Waals surface area contributed by atoms with Crippen LogP contribution in [0, 0.1) is 17.4 Å². The molecule has 0 saturated heterocycles. The number of halogens is 2. The molecular weight excluding hydrogens is 441 g/mol. The predicted molar refractivity (Wildman–Crippen MR) is 107 cm³/mol. The van der Waals surface area contributed by atoms with E-state index in [1.165, 1.54) is 0 Å². The van der Waals surface area contributed by atoms with Gasteiger partial charge in [0, 0.05) is 9.13 Å². The Bertz CT molecular complexity index is 873. The molecule has 0 atom stereocenters. The highest BCUT2D eigenvalue weighted by Crippen LogP contribution is 2.33. The molecular formula is C18H13ClINOS. The molecule has 0 aliphatic carbocycles. The van der Waals surface area contributed by atoms with E-state index in [1.807, 2.05) is 38.1 Å². The Balaban J connectivity index is 2.03. The van der Waals surface area contributed by atoms with Crippen LogP contribution in [0.3, 0.4) is 0 Å². The lowest BCUT2D eigenvalue weighted by Gasteiger charge is -2.02. The van der Waals surface area contributed by atoms with Crippen molar-refractivity contribution in [3.8, 4) is 0 Å². The molecule has 2 aromatic carbocycles. The van der Waals surface area contributed by atoms with Crippen LogP contribution < -0.4 is 0 Å². The van der Waals surface area contributed by atoms with Crippen molar-refractivity contribution in [2.24, 2.45) is 4.99 Å². The molecule has 5 heteroatoms. The largest absolute Gasteiger partial charge is 0.279 e. The molecule has 1 aliphatic rings. The van der Waals surface area contributed by atoms with Gasteiger partial charge in [0.2, 0.25) is 5.12 Å². The zero-order valence-electron chi connectivity index (χ0n) is 12.6. The second-order valence-corrected chi connectivity index (χ2v) is 7.93. The number of hydrogen-bond acceptors (Lipinski definition) is 3. The van der Waals surface area contributed by atoms with Crippen molar-refractivity contribution >= 4 is 62.2 Å². The first-order valence-corrected chi connectivity index (χ1v) is 9.26. The maximum Gasteiger partial charge on any atom is 0.244 e. The van der Waals surface area contributed by atoms with E-state index in [-0.39, 0.29) is 5.12 Å². The van der Waals surface area contributed by atoms with Gasteiger partial charge in [-0.05, 0) is 83.6 Å². The lowest BCUT2D eigenvalue weighted by molar-refractivity contribution is -0.107. The fraction of sp³-hybridized carbons (Fsp3) is 0.111. The van der Waals surface area contributed by atoms with E-state index < -0.39 is 0 Å². The van der Waals surface area contributed by atoms with Crippen molar-refractivity contribution < 1.29 is 4.79 Å². The van der Waals surface area contributed by atoms with Gasteiger partial charge in [0.25, 0.3) is 0 Å². The molecule has 1 aliphatic heterocycles. The number of aryl methyl sites for hydroxylation is 2. The van der Waals surface area contributed by atoms with Crippen LogP contribution in [0.1, 0.15) is 22.3 Å². The first-order valence-electron chi connectivity index (χ1n) is 6.99. The van der Waals surface area contributed by atoms with Gasteiger partial charge in [-0.2, -0.15) is 0 Å². The highest BCUT2D eigenvalue weighted by Gasteiger charge is 2.25. The highest BCUT2D eigenvalue weighted by molar-refractivity contribution is 14.1. The number of benzene rings is 2. The Morgan fingerprint density at radius 1 is 1.17 bits per heavy atom. The second kappa shape index (κ2) is 6.79. The van der Waals surface area contributed by atoms with Gasteiger partial charge in [0.15, 0.2) is 0 Å². The molecule has 0 fully saturated rings. The first-order chi connectivity index (χ1) is 10.9. The summed E-state index contributed by atoms with van der Waals surface area (Å²) >= 11 is 9.61. The van der Waals surface area contributed by atoms with E-state index in [2.05, 4.69) is 45.8 Å². The third-order valence-corrected chi connectivity index (χ3v) is 5.41. The molecule has 23 heavy (non-hydrogen) atoms. The average Bonchev–Trinajstić information content (AvgIpc) is 2.86. The summed E-state index contributed by atoms with van der Waals surface area (Å²) in [6, 6.07) is 11.9. The average molecular weight is 454 g/mol. The van der Waals surface area contributed by atoms with Crippen molar-refractivity contribution in [1.82, 2.24) is 0 Å². The summed E-state index contributed by atoms with van der Waals surface area (Å²) in [5.74, 6) is 0. The number of carbonyl (C=O) groups is 1. The van der Waals surface area contributed by atoms with Crippen LogP contribution in [-0.4, -0.2) is 10.2 Å². The minimum atomic E-state index is -0.0455. The SMILES string of the molecule is Cc1ccc(C)c(C=C2N=C(c3cc(I)ccc3Cl)SC2=O)c1. The minimum absolute atomic E-state index is 0.0455. The van der Waals surface area contributed by atoms with Crippen LogP contribution in [0.2, 0.25) is 5.02 Å². The minimum Gasteiger partial charge on any atom is -0.279 e. The fourth-order valence-corrected chi connectivity index (χ4v) is 3.81. The topological polar surface area (TPSA) is 29.4 Å². The van der Waals surface area contributed by atoms with Crippen molar-refractivity contribution in [1.29, 1.82) is 0 Å². The second-order valence-electron chi connectivity index (χ2n) is 5.32. The Hall–Kier alpha value is -1.11. The molecule has 116 valence electrons. The first kappa shape index (κ1) is 16.7. The molecule has 0 unspecified atom stereocenters. The van der Waals surface area contributed by atoms with Crippen LogP contribution in [0.15, 0.2) is 47.1 Å². The van der Waals surface area contributed by atoms with Crippen molar-refractivity contribution in [3.05, 3.63) is 72.9 Å². The van der Waals surface area contributed by atoms with Gasteiger partial charge in [-0.1, -0.05) is 35.4 Å². The lowest BCUT2D eigenvalue weighted by Crippen LogP contribution is -1.95. The third kappa shape index (κ3) is 3.70. The number of thioether (sulfide) groups is 1. The Labute approximate surface area is 158 Å². The maximum absolute atomic E-state index is 12.3. The quantitative estimate of drug-likeness (QED) is 0.436. The number of hydrogen-bond donors (Lipinski definition) is 0. The molecule has 0 spiro atoms. The van der Waals surface area contributed by atoms with Gasteiger partial charge in [0.05, 0.1) is 5.02 Å². The zero-order valence-corrected chi connectivity index (χ0v) is 16.3. The van der Waals surface area contributed by atoms with Gasteiger partial charge in [-0.15, -0.1) is 0 Å². The number of rotatable bonds is 2. The fourth-order valence-electron chi connectivity index (χ4n) is 2.25. The number of carbonyl (C=O) groups excluding carboxylic acids is 1. The lowest BCUT2D eigenvalue weighted by atomic mass is 10.0. The molecule has 0 bridgehead atoms. The number of aliphatic imine (C=N–C) groups is 1. The monoisotopic (exact) mass is 453 g/mol. The van der Waals surface area contributed by atoms with Crippen LogP contribution in [0.5, 0.6) is 0 Å². The summed E-state index contributed by atoms with van der Waals surface area (Å²) in [5, 5.41) is 1.23. The van der Waals surface area contributed by atoms with Gasteiger partial charge in [-0.3, -0.25) is 4.79 Å². The maximum atomic E-state index is 12.3. The highest BCUT2D eigenvalue weighted by atomic mass is 127. The summed E-state index contributed by atoms with van der Waals surface area (Å²) in [5.41, 5.74) is 4.57. The molecule has 3 rings (SSSR count). The molecule has 1 heterocycles. The molecule has 2 aromatic rings. The molecule has 0 aromatic heterocycles. The van der Waals surface area contributed by atoms with Crippen molar-refractivity contribution in [2.45, 2.75) is 13.8 Å². The van der Waals surface area contributed by atoms with Crippen LogP contribution in [0.4, 0.5) is 0 Å². The van der Waals surface area contributed by atoms with E-state index in [0.29, 0.717) is 15.8 Å². The van der Waals surface area contributed by atoms with Crippen molar-refractivity contribution in [3.63, 3.8) is 0 Å². The summed E-state index contributed by atoms with van der Waals surface area (Å²) in [6.45, 7) is 4.06. The Kier molecular flexibility index (Phi) is 4.94. The Morgan fingerprint density at radius 2 is 1.96 bits per heavy atom. The van der Waals surface area contributed by atoms with E-state index >= 15 is 0 Å². The Morgan fingerprint density at radius 3 is 2.74 bits per heavy atom. The van der Waals surface area contributed by atoms with Crippen LogP contribution >= 0.6 is 46.0 Å². The zero-order chi connectivity index (χ0) is 16.6. The molecule has 0 radical (unpaired) electrons. The molecule has 0 amide bonds. The summed E-state index contributed by atoms with van der Waals surface area (Å²) in [6.07, 6.45) is 1.85. The van der Waals surface area contributed by atoms with Gasteiger partial charge >= 0.3 is 0 Å².